The van der Waals surface area contributed by atoms with Gasteiger partial charge in [0.2, 0.25) is 11.7 Å². The Morgan fingerprint density at radius 3 is 2.50 bits per heavy atom. The molecule has 1 heterocycles. The minimum atomic E-state index is -0.589. The summed E-state index contributed by atoms with van der Waals surface area (Å²) >= 11 is 0. The fourth-order valence-electron chi connectivity index (χ4n) is 3.54. The second-order valence-electron chi connectivity index (χ2n) is 7.13. The number of carbonyl (C=O) groups is 3. The second-order valence-corrected chi connectivity index (χ2v) is 7.13. The Bertz CT molecular complexity index is 927. The van der Waals surface area contributed by atoms with Crippen LogP contribution >= 0.6 is 0 Å². The van der Waals surface area contributed by atoms with Gasteiger partial charge >= 0.3 is 5.97 Å². The highest BCUT2D eigenvalue weighted by molar-refractivity contribution is 6.00. The first-order chi connectivity index (χ1) is 14.4. The van der Waals surface area contributed by atoms with E-state index >= 15 is 0 Å². The Kier molecular flexibility index (Phi) is 6.72. The molecule has 0 bridgehead atoms. The molecule has 1 fully saturated rings. The van der Waals surface area contributed by atoms with Gasteiger partial charge in [-0.15, -0.1) is 0 Å². The van der Waals surface area contributed by atoms with Crippen molar-refractivity contribution in [1.29, 1.82) is 0 Å². The number of methoxy groups -OCH3 is 2. The lowest BCUT2D eigenvalue weighted by atomic mass is 10.1. The highest BCUT2D eigenvalue weighted by Gasteiger charge is 2.38. The zero-order valence-electron chi connectivity index (χ0n) is 17.3. The van der Waals surface area contributed by atoms with E-state index in [0.717, 1.165) is 5.56 Å². The van der Waals surface area contributed by atoms with Crippen molar-refractivity contribution in [3.05, 3.63) is 59.7 Å². The highest BCUT2D eigenvalue weighted by Crippen LogP contribution is 2.29. The molecule has 2 aromatic rings. The molecule has 0 saturated carbocycles. The minimum absolute atomic E-state index is 0.0794. The molecule has 158 valence electrons. The van der Waals surface area contributed by atoms with Gasteiger partial charge < -0.3 is 19.1 Å². The number of ether oxygens (including phenoxy) is 3. The van der Waals surface area contributed by atoms with Crippen LogP contribution in [0.2, 0.25) is 0 Å². The zero-order valence-corrected chi connectivity index (χ0v) is 17.3. The van der Waals surface area contributed by atoms with Gasteiger partial charge in [0.05, 0.1) is 31.7 Å². The summed E-state index contributed by atoms with van der Waals surface area (Å²) in [6, 6.07) is 14.3. The number of nitrogens with zero attached hydrogens (tertiary/aromatic N) is 1. The van der Waals surface area contributed by atoms with Gasteiger partial charge in [-0.05, 0) is 24.6 Å². The first-order valence-electron chi connectivity index (χ1n) is 9.70. The van der Waals surface area contributed by atoms with E-state index in [9.17, 15) is 14.4 Å². The van der Waals surface area contributed by atoms with Gasteiger partial charge in [-0.2, -0.15) is 0 Å². The number of hydrogen-bond donors (Lipinski definition) is 0. The Balaban J connectivity index is 1.59. The molecule has 1 saturated heterocycles. The van der Waals surface area contributed by atoms with Crippen molar-refractivity contribution in [2.45, 2.75) is 19.4 Å². The van der Waals surface area contributed by atoms with Gasteiger partial charge in [0.15, 0.2) is 6.61 Å². The summed E-state index contributed by atoms with van der Waals surface area (Å²) in [6.45, 7) is 1.79. The van der Waals surface area contributed by atoms with Gasteiger partial charge in [0, 0.05) is 19.0 Å². The van der Waals surface area contributed by atoms with Crippen LogP contribution < -0.4 is 9.47 Å². The average molecular weight is 411 g/mol. The standard InChI is InChI=1S/C23H25NO6/c1-15(16-7-5-4-6-8-16)24-13-17(11-22(24)26)23(27)30-14-20(25)19-10-9-18(28-2)12-21(19)29-3/h4-10,12,15,17H,11,13-14H2,1-3H3/t15-,17+/m0/s1. The Morgan fingerprint density at radius 1 is 1.10 bits per heavy atom. The fourth-order valence-corrected chi connectivity index (χ4v) is 3.54. The van der Waals surface area contributed by atoms with Crippen molar-refractivity contribution in [1.82, 2.24) is 4.90 Å². The number of Topliss-reactive ketones (excluding diaryl/α,β-unsaturated/α-hetero) is 1. The third kappa shape index (κ3) is 4.62. The van der Waals surface area contributed by atoms with Crippen LogP contribution in [0.5, 0.6) is 11.5 Å². The third-order valence-corrected chi connectivity index (χ3v) is 5.30. The van der Waals surface area contributed by atoms with Crippen molar-refractivity contribution < 1.29 is 28.6 Å². The van der Waals surface area contributed by atoms with E-state index in [-0.39, 0.29) is 30.7 Å². The molecule has 7 heteroatoms. The average Bonchev–Trinajstić information content (AvgIpc) is 3.18. The Morgan fingerprint density at radius 2 is 1.83 bits per heavy atom. The molecule has 1 aliphatic heterocycles. The SMILES string of the molecule is COc1ccc(C(=O)COC(=O)[C@@H]2CC(=O)N([C@@H](C)c3ccccc3)C2)c(OC)c1. The molecule has 7 nitrogen and oxygen atoms in total. The predicted molar refractivity (Wildman–Crippen MR) is 110 cm³/mol. The summed E-state index contributed by atoms with van der Waals surface area (Å²) in [5.74, 6) is -0.730. The summed E-state index contributed by atoms with van der Waals surface area (Å²) in [7, 11) is 2.97. The predicted octanol–water partition coefficient (Wildman–Crippen LogP) is 3.04. The van der Waals surface area contributed by atoms with E-state index in [1.165, 1.54) is 14.2 Å². The third-order valence-electron chi connectivity index (χ3n) is 5.30. The molecule has 0 aromatic heterocycles. The Hall–Kier alpha value is -3.35. The van der Waals surface area contributed by atoms with Gasteiger partial charge in [-0.3, -0.25) is 14.4 Å². The number of amides is 1. The molecule has 2 atom stereocenters. The van der Waals surface area contributed by atoms with E-state index in [4.69, 9.17) is 14.2 Å². The van der Waals surface area contributed by atoms with E-state index in [0.29, 0.717) is 17.1 Å². The number of esters is 1. The van der Waals surface area contributed by atoms with Crippen LogP contribution in [0.4, 0.5) is 0 Å². The summed E-state index contributed by atoms with van der Waals surface area (Å²) in [5.41, 5.74) is 1.30. The van der Waals surface area contributed by atoms with Crippen molar-refractivity contribution >= 4 is 17.7 Å². The quantitative estimate of drug-likeness (QED) is 0.491. The van der Waals surface area contributed by atoms with Crippen LogP contribution in [0.15, 0.2) is 48.5 Å². The lowest BCUT2D eigenvalue weighted by Gasteiger charge is -2.25. The number of likely N-dealkylation sites (tertiary alicyclic amines) is 1. The van der Waals surface area contributed by atoms with Gasteiger partial charge in [0.25, 0.3) is 0 Å². The molecule has 0 aliphatic carbocycles. The van der Waals surface area contributed by atoms with E-state index < -0.39 is 18.5 Å². The van der Waals surface area contributed by atoms with Crippen LogP contribution in [-0.4, -0.2) is 49.9 Å². The zero-order chi connectivity index (χ0) is 21.7. The summed E-state index contributed by atoms with van der Waals surface area (Å²) in [6.07, 6.45) is 0.0794. The lowest BCUT2D eigenvalue weighted by Crippen LogP contribution is -2.30. The molecule has 3 rings (SSSR count). The number of ketones is 1. The maximum absolute atomic E-state index is 12.5. The van der Waals surface area contributed by atoms with E-state index in [1.54, 1.807) is 23.1 Å². The fraction of sp³-hybridized carbons (Fsp3) is 0.348. The van der Waals surface area contributed by atoms with Gasteiger partial charge in [-0.25, -0.2) is 0 Å². The molecule has 2 aromatic carbocycles. The molecule has 0 radical (unpaired) electrons. The molecule has 0 unspecified atom stereocenters. The first kappa shape index (κ1) is 21.4. The smallest absolute Gasteiger partial charge is 0.311 e. The normalized spacial score (nSPS) is 16.8. The molecule has 0 N–H and O–H groups in total. The summed E-state index contributed by atoms with van der Waals surface area (Å²) in [4.78, 5) is 39.1. The number of hydrogen-bond acceptors (Lipinski definition) is 6. The highest BCUT2D eigenvalue weighted by atomic mass is 16.5. The van der Waals surface area contributed by atoms with Crippen LogP contribution in [0.3, 0.4) is 0 Å². The minimum Gasteiger partial charge on any atom is -0.497 e. The maximum atomic E-state index is 12.5. The summed E-state index contributed by atoms with van der Waals surface area (Å²) in [5, 5.41) is 0. The topological polar surface area (TPSA) is 82.1 Å². The molecule has 1 amide bonds. The largest absolute Gasteiger partial charge is 0.497 e. The van der Waals surface area contributed by atoms with Gasteiger partial charge in [0.1, 0.15) is 11.5 Å². The van der Waals surface area contributed by atoms with Crippen molar-refractivity contribution in [3.63, 3.8) is 0 Å². The first-order valence-corrected chi connectivity index (χ1v) is 9.70. The van der Waals surface area contributed by atoms with Crippen molar-refractivity contribution in [3.8, 4) is 11.5 Å². The molecule has 1 aliphatic rings. The van der Waals surface area contributed by atoms with Crippen LogP contribution in [0, 0.1) is 5.92 Å². The molecular formula is C23H25NO6. The lowest BCUT2D eigenvalue weighted by molar-refractivity contribution is -0.147. The van der Waals surface area contributed by atoms with Gasteiger partial charge in [-0.1, -0.05) is 30.3 Å². The van der Waals surface area contributed by atoms with Crippen molar-refractivity contribution in [2.24, 2.45) is 5.92 Å². The number of rotatable bonds is 8. The Labute approximate surface area is 175 Å². The van der Waals surface area contributed by atoms with Crippen LogP contribution in [0.1, 0.15) is 35.3 Å². The maximum Gasteiger partial charge on any atom is 0.311 e. The molecule has 30 heavy (non-hydrogen) atoms. The molecular weight excluding hydrogens is 386 g/mol. The second kappa shape index (κ2) is 9.43. The number of carbonyl (C=O) groups excluding carboxylic acids is 3. The van der Waals surface area contributed by atoms with E-state index in [1.807, 2.05) is 37.3 Å². The molecule has 0 spiro atoms. The van der Waals surface area contributed by atoms with Crippen LogP contribution in [-0.2, 0) is 14.3 Å². The van der Waals surface area contributed by atoms with E-state index in [2.05, 4.69) is 0 Å². The van der Waals surface area contributed by atoms with Crippen LogP contribution in [0.25, 0.3) is 0 Å². The summed E-state index contributed by atoms with van der Waals surface area (Å²) < 4.78 is 15.6. The monoisotopic (exact) mass is 411 g/mol. The van der Waals surface area contributed by atoms with Crippen molar-refractivity contribution in [2.75, 3.05) is 27.4 Å². The number of benzene rings is 2.